The average molecular weight is 391 g/mol. The van der Waals surface area contributed by atoms with Gasteiger partial charge in [0.25, 0.3) is 0 Å². The molecule has 0 heterocycles. The van der Waals surface area contributed by atoms with E-state index in [9.17, 15) is 4.79 Å². The third-order valence-corrected chi connectivity index (χ3v) is 6.14. The van der Waals surface area contributed by atoms with Crippen LogP contribution in [-0.2, 0) is 9.53 Å². The second-order valence-electron chi connectivity index (χ2n) is 9.75. The van der Waals surface area contributed by atoms with Crippen LogP contribution in [0.1, 0.15) is 105 Å². The van der Waals surface area contributed by atoms with Gasteiger partial charge < -0.3 is 4.74 Å². The number of carbonyl (C=O) groups excluding carboxylic acids is 1. The van der Waals surface area contributed by atoms with Crippen LogP contribution in [-0.4, -0.2) is 12.6 Å². The van der Waals surface area contributed by atoms with Crippen molar-refractivity contribution in [3.63, 3.8) is 0 Å². The third kappa shape index (κ3) is 12.4. The number of carbonyl (C=O) groups is 1. The lowest BCUT2D eigenvalue weighted by atomic mass is 9.91. The molecule has 0 aromatic carbocycles. The first kappa shape index (κ1) is 25.0. The molecule has 0 N–H and O–H groups in total. The minimum atomic E-state index is -0.135. The van der Waals surface area contributed by atoms with Crippen LogP contribution in [0.2, 0.25) is 0 Å². The van der Waals surface area contributed by atoms with Crippen LogP contribution in [0.25, 0.3) is 0 Å². The van der Waals surface area contributed by atoms with Gasteiger partial charge in [0.05, 0.1) is 6.61 Å². The molecule has 0 aromatic rings. The van der Waals surface area contributed by atoms with Crippen molar-refractivity contribution in [2.45, 2.75) is 105 Å². The van der Waals surface area contributed by atoms with Crippen molar-refractivity contribution in [1.29, 1.82) is 0 Å². The standard InChI is InChI=1S/C26H46O2/c1-21(2)11-8-12-22(3)13-9-14-23(4)15-10-16-24(5)19-20-28-26(27)25-17-6-7-18-25/h6-7,17,21-24H,8-16,18-20H2,1-5H3. The van der Waals surface area contributed by atoms with Crippen molar-refractivity contribution in [2.75, 3.05) is 6.61 Å². The molecule has 0 aromatic heterocycles. The summed E-state index contributed by atoms with van der Waals surface area (Å²) in [6.07, 6.45) is 19.7. The summed E-state index contributed by atoms with van der Waals surface area (Å²) in [7, 11) is 0. The number of rotatable bonds is 16. The molecule has 0 amide bonds. The van der Waals surface area contributed by atoms with Gasteiger partial charge >= 0.3 is 5.97 Å². The maximum atomic E-state index is 11.8. The second kappa shape index (κ2) is 14.9. The lowest BCUT2D eigenvalue weighted by Crippen LogP contribution is -2.10. The predicted molar refractivity (Wildman–Crippen MR) is 121 cm³/mol. The van der Waals surface area contributed by atoms with Gasteiger partial charge in [0, 0.05) is 5.57 Å². The molecule has 162 valence electrons. The van der Waals surface area contributed by atoms with Crippen LogP contribution < -0.4 is 0 Å². The summed E-state index contributed by atoms with van der Waals surface area (Å²) in [5, 5.41) is 0. The largest absolute Gasteiger partial charge is 0.462 e. The molecular formula is C26H46O2. The Bertz CT molecular complexity index is 475. The smallest absolute Gasteiger partial charge is 0.334 e. The van der Waals surface area contributed by atoms with Crippen molar-refractivity contribution < 1.29 is 9.53 Å². The summed E-state index contributed by atoms with van der Waals surface area (Å²) in [5.74, 6) is 3.09. The van der Waals surface area contributed by atoms with E-state index in [1.165, 1.54) is 57.8 Å². The highest BCUT2D eigenvalue weighted by Gasteiger charge is 2.12. The van der Waals surface area contributed by atoms with Crippen molar-refractivity contribution in [1.82, 2.24) is 0 Å². The molecule has 0 aliphatic heterocycles. The van der Waals surface area contributed by atoms with Gasteiger partial charge in [-0.05, 0) is 36.5 Å². The highest BCUT2D eigenvalue weighted by Crippen LogP contribution is 2.22. The normalized spacial score (nSPS) is 16.9. The first-order chi connectivity index (χ1) is 13.4. The fraction of sp³-hybridized carbons (Fsp3) is 0.808. The van der Waals surface area contributed by atoms with Crippen molar-refractivity contribution in [3.05, 3.63) is 23.8 Å². The Labute approximate surface area is 175 Å². The summed E-state index contributed by atoms with van der Waals surface area (Å²) in [6, 6.07) is 0. The number of hydrogen-bond acceptors (Lipinski definition) is 2. The average Bonchev–Trinajstić information content (AvgIpc) is 3.16. The molecule has 1 aliphatic carbocycles. The highest BCUT2D eigenvalue weighted by atomic mass is 16.5. The maximum absolute atomic E-state index is 11.8. The van der Waals surface area contributed by atoms with Gasteiger partial charge in [-0.15, -0.1) is 0 Å². The number of allylic oxidation sites excluding steroid dienone is 3. The summed E-state index contributed by atoms with van der Waals surface area (Å²) >= 11 is 0. The SMILES string of the molecule is CC(C)CCCC(C)CCCC(C)CCCC(C)CCOC(=O)C1=CC=CC1. The van der Waals surface area contributed by atoms with E-state index in [1.807, 2.05) is 18.2 Å². The van der Waals surface area contributed by atoms with Crippen molar-refractivity contribution >= 4 is 5.97 Å². The molecule has 2 nitrogen and oxygen atoms in total. The van der Waals surface area contributed by atoms with Gasteiger partial charge in [0.2, 0.25) is 0 Å². The number of esters is 1. The van der Waals surface area contributed by atoms with Gasteiger partial charge in [-0.3, -0.25) is 0 Å². The summed E-state index contributed by atoms with van der Waals surface area (Å²) in [6.45, 7) is 12.3. The molecule has 28 heavy (non-hydrogen) atoms. The second-order valence-corrected chi connectivity index (χ2v) is 9.75. The third-order valence-electron chi connectivity index (χ3n) is 6.14. The Hall–Kier alpha value is -1.05. The summed E-state index contributed by atoms with van der Waals surface area (Å²) in [4.78, 5) is 11.8. The van der Waals surface area contributed by atoms with Crippen LogP contribution in [0, 0.1) is 23.7 Å². The van der Waals surface area contributed by atoms with Crippen LogP contribution in [0.3, 0.4) is 0 Å². The molecule has 0 saturated heterocycles. The molecule has 3 atom stereocenters. The van der Waals surface area contributed by atoms with E-state index >= 15 is 0 Å². The van der Waals surface area contributed by atoms with E-state index in [0.717, 1.165) is 36.2 Å². The Morgan fingerprint density at radius 2 is 1.32 bits per heavy atom. The molecule has 0 spiro atoms. The Kier molecular flexibility index (Phi) is 13.3. The molecule has 1 rings (SSSR count). The maximum Gasteiger partial charge on any atom is 0.334 e. The fourth-order valence-electron chi connectivity index (χ4n) is 3.98. The molecular weight excluding hydrogens is 344 g/mol. The van der Waals surface area contributed by atoms with Gasteiger partial charge in [0.1, 0.15) is 0 Å². The van der Waals surface area contributed by atoms with Crippen molar-refractivity contribution in [3.8, 4) is 0 Å². The minimum Gasteiger partial charge on any atom is -0.462 e. The van der Waals surface area contributed by atoms with Gasteiger partial charge in [-0.25, -0.2) is 4.79 Å². The Morgan fingerprint density at radius 3 is 1.79 bits per heavy atom. The van der Waals surface area contributed by atoms with E-state index in [0.29, 0.717) is 12.5 Å². The molecule has 0 saturated carbocycles. The zero-order valence-corrected chi connectivity index (χ0v) is 19.3. The van der Waals surface area contributed by atoms with Gasteiger partial charge in [0.15, 0.2) is 0 Å². The van der Waals surface area contributed by atoms with E-state index in [4.69, 9.17) is 4.74 Å². The monoisotopic (exact) mass is 390 g/mol. The number of hydrogen-bond donors (Lipinski definition) is 0. The minimum absolute atomic E-state index is 0.135. The lowest BCUT2D eigenvalue weighted by molar-refractivity contribution is -0.139. The molecule has 0 radical (unpaired) electrons. The van der Waals surface area contributed by atoms with E-state index < -0.39 is 0 Å². The van der Waals surface area contributed by atoms with Crippen LogP contribution in [0.4, 0.5) is 0 Å². The van der Waals surface area contributed by atoms with E-state index in [-0.39, 0.29) is 5.97 Å². The lowest BCUT2D eigenvalue weighted by Gasteiger charge is -2.16. The van der Waals surface area contributed by atoms with E-state index in [2.05, 4.69) is 34.6 Å². The van der Waals surface area contributed by atoms with E-state index in [1.54, 1.807) is 0 Å². The first-order valence-electron chi connectivity index (χ1n) is 11.9. The first-order valence-corrected chi connectivity index (χ1v) is 11.9. The van der Waals surface area contributed by atoms with Crippen molar-refractivity contribution in [2.24, 2.45) is 23.7 Å². The van der Waals surface area contributed by atoms with Gasteiger partial charge in [-0.2, -0.15) is 0 Å². The molecule has 2 heteroatoms. The molecule has 1 aliphatic rings. The Balaban J connectivity index is 1.97. The quantitative estimate of drug-likeness (QED) is 0.250. The molecule has 3 unspecified atom stereocenters. The zero-order valence-electron chi connectivity index (χ0n) is 19.3. The summed E-state index contributed by atoms with van der Waals surface area (Å²) in [5.41, 5.74) is 0.788. The summed E-state index contributed by atoms with van der Waals surface area (Å²) < 4.78 is 5.39. The molecule has 0 fully saturated rings. The van der Waals surface area contributed by atoms with Crippen LogP contribution >= 0.6 is 0 Å². The Morgan fingerprint density at radius 1 is 0.821 bits per heavy atom. The topological polar surface area (TPSA) is 26.3 Å². The highest BCUT2D eigenvalue weighted by molar-refractivity contribution is 5.89. The fourth-order valence-corrected chi connectivity index (χ4v) is 3.98. The van der Waals surface area contributed by atoms with Crippen LogP contribution in [0.15, 0.2) is 23.8 Å². The predicted octanol–water partition coefficient (Wildman–Crippen LogP) is 7.88. The number of ether oxygens (including phenoxy) is 1. The molecule has 0 bridgehead atoms. The van der Waals surface area contributed by atoms with Gasteiger partial charge in [-0.1, -0.05) is 111 Å². The van der Waals surface area contributed by atoms with Crippen LogP contribution in [0.5, 0.6) is 0 Å². The zero-order chi connectivity index (χ0) is 20.8.